The number of thioether (sulfide) groups is 1. The number of aromatic nitrogens is 3. The van der Waals surface area contributed by atoms with Gasteiger partial charge in [0.15, 0.2) is 11.0 Å². The molecule has 4 aromatic rings. The van der Waals surface area contributed by atoms with Crippen LogP contribution in [-0.2, 0) is 11.3 Å². The summed E-state index contributed by atoms with van der Waals surface area (Å²) >= 11 is 1.39. The minimum absolute atomic E-state index is 0.0261. The lowest BCUT2D eigenvalue weighted by Crippen LogP contribution is -2.32. The minimum Gasteiger partial charge on any atom is -0.469 e. The van der Waals surface area contributed by atoms with E-state index in [0.717, 1.165) is 54.2 Å². The van der Waals surface area contributed by atoms with Crippen molar-refractivity contribution in [3.63, 3.8) is 0 Å². The number of aryl methyl sites for hydroxylation is 1. The van der Waals surface area contributed by atoms with Crippen molar-refractivity contribution >= 4 is 17.7 Å². The predicted molar refractivity (Wildman–Crippen MR) is 130 cm³/mol. The first kappa shape index (κ1) is 22.3. The summed E-state index contributed by atoms with van der Waals surface area (Å²) in [5, 5.41) is 9.55. The SMILES string of the molecule is Cc1occc1-c1nnc(SCC(=O)N(Cc2ccco2)C2=CCCCC2)n1-c1ccccc1. The van der Waals surface area contributed by atoms with Crippen LogP contribution < -0.4 is 0 Å². The van der Waals surface area contributed by atoms with Gasteiger partial charge in [-0.3, -0.25) is 9.36 Å². The first-order valence-corrected chi connectivity index (χ1v) is 12.4. The second-order valence-electron chi connectivity index (χ2n) is 8.16. The van der Waals surface area contributed by atoms with Crippen LogP contribution in [-0.4, -0.2) is 31.3 Å². The number of carbonyl (C=O) groups is 1. The summed E-state index contributed by atoms with van der Waals surface area (Å²) < 4.78 is 13.0. The predicted octanol–water partition coefficient (Wildman–Crippen LogP) is 6.01. The number of amides is 1. The zero-order valence-electron chi connectivity index (χ0n) is 19.0. The van der Waals surface area contributed by atoms with Crippen LogP contribution in [0, 0.1) is 6.92 Å². The largest absolute Gasteiger partial charge is 0.469 e. The molecule has 0 radical (unpaired) electrons. The highest BCUT2D eigenvalue weighted by molar-refractivity contribution is 7.99. The number of furan rings is 2. The van der Waals surface area contributed by atoms with Gasteiger partial charge in [0.1, 0.15) is 11.5 Å². The number of carbonyl (C=O) groups excluding carboxylic acids is 1. The van der Waals surface area contributed by atoms with Gasteiger partial charge in [-0.25, -0.2) is 0 Å². The molecular weight excluding hydrogens is 448 g/mol. The number of allylic oxidation sites excluding steroid dienone is 2. The molecule has 0 N–H and O–H groups in total. The van der Waals surface area contributed by atoms with Crippen molar-refractivity contribution in [2.24, 2.45) is 0 Å². The van der Waals surface area contributed by atoms with Crippen LogP contribution in [0.1, 0.15) is 37.2 Å². The summed E-state index contributed by atoms with van der Waals surface area (Å²) in [5.74, 6) is 2.50. The summed E-state index contributed by atoms with van der Waals surface area (Å²) in [7, 11) is 0. The Morgan fingerprint density at radius 1 is 1.06 bits per heavy atom. The van der Waals surface area contributed by atoms with Gasteiger partial charge >= 0.3 is 0 Å². The van der Waals surface area contributed by atoms with Crippen molar-refractivity contribution in [3.8, 4) is 17.1 Å². The zero-order chi connectivity index (χ0) is 23.3. The average Bonchev–Trinajstić information content (AvgIpc) is 3.63. The van der Waals surface area contributed by atoms with Gasteiger partial charge in [0.05, 0.1) is 30.4 Å². The molecular formula is C26H26N4O3S. The molecule has 174 valence electrons. The fourth-order valence-electron chi connectivity index (χ4n) is 4.14. The summed E-state index contributed by atoms with van der Waals surface area (Å²) in [6, 6.07) is 15.6. The molecule has 0 spiro atoms. The fourth-order valence-corrected chi connectivity index (χ4v) is 4.97. The molecule has 34 heavy (non-hydrogen) atoms. The quantitative estimate of drug-likeness (QED) is 0.291. The lowest BCUT2D eigenvalue weighted by atomic mass is 10.0. The van der Waals surface area contributed by atoms with Gasteiger partial charge < -0.3 is 13.7 Å². The fraction of sp³-hybridized carbons (Fsp3) is 0.269. The van der Waals surface area contributed by atoms with Gasteiger partial charge in [0.25, 0.3) is 0 Å². The highest BCUT2D eigenvalue weighted by Crippen LogP contribution is 2.31. The van der Waals surface area contributed by atoms with Crippen LogP contribution in [0.25, 0.3) is 17.1 Å². The summed E-state index contributed by atoms with van der Waals surface area (Å²) in [5.41, 5.74) is 2.88. The summed E-state index contributed by atoms with van der Waals surface area (Å²) in [6.07, 6.45) is 9.63. The van der Waals surface area contributed by atoms with Gasteiger partial charge in [0, 0.05) is 11.4 Å². The minimum atomic E-state index is 0.0261. The van der Waals surface area contributed by atoms with Gasteiger partial charge in [-0.1, -0.05) is 36.0 Å². The van der Waals surface area contributed by atoms with E-state index in [9.17, 15) is 4.79 Å². The molecule has 0 saturated heterocycles. The maximum atomic E-state index is 13.4. The van der Waals surface area contributed by atoms with E-state index in [1.165, 1.54) is 11.8 Å². The van der Waals surface area contributed by atoms with E-state index < -0.39 is 0 Å². The van der Waals surface area contributed by atoms with Crippen LogP contribution in [0.15, 0.2) is 86.8 Å². The molecule has 1 amide bonds. The first-order chi connectivity index (χ1) is 16.7. The number of benzene rings is 1. The monoisotopic (exact) mass is 474 g/mol. The molecule has 1 aliphatic carbocycles. The smallest absolute Gasteiger partial charge is 0.237 e. The molecule has 1 aromatic carbocycles. The van der Waals surface area contributed by atoms with E-state index in [2.05, 4.69) is 16.3 Å². The van der Waals surface area contributed by atoms with Gasteiger partial charge in [-0.15, -0.1) is 10.2 Å². The molecule has 1 aliphatic rings. The summed E-state index contributed by atoms with van der Waals surface area (Å²) in [4.78, 5) is 15.3. The molecule has 8 heteroatoms. The van der Waals surface area contributed by atoms with Gasteiger partial charge in [0.2, 0.25) is 5.91 Å². The summed E-state index contributed by atoms with van der Waals surface area (Å²) in [6.45, 7) is 2.34. The second-order valence-corrected chi connectivity index (χ2v) is 9.10. The van der Waals surface area contributed by atoms with Gasteiger partial charge in [-0.2, -0.15) is 0 Å². The van der Waals surface area contributed by atoms with Crippen LogP contribution in [0.4, 0.5) is 0 Å². The lowest BCUT2D eigenvalue weighted by Gasteiger charge is -2.27. The van der Waals surface area contributed by atoms with E-state index in [1.807, 2.05) is 64.9 Å². The highest BCUT2D eigenvalue weighted by atomic mass is 32.2. The van der Waals surface area contributed by atoms with Crippen LogP contribution in [0.3, 0.4) is 0 Å². The second kappa shape index (κ2) is 10.2. The van der Waals surface area contributed by atoms with Crippen molar-refractivity contribution < 1.29 is 13.6 Å². The lowest BCUT2D eigenvalue weighted by molar-refractivity contribution is -0.127. The van der Waals surface area contributed by atoms with Crippen LogP contribution in [0.5, 0.6) is 0 Å². The number of hydrogen-bond acceptors (Lipinski definition) is 6. The number of para-hydroxylation sites is 1. The zero-order valence-corrected chi connectivity index (χ0v) is 19.8. The number of hydrogen-bond donors (Lipinski definition) is 0. The Morgan fingerprint density at radius 2 is 1.94 bits per heavy atom. The van der Waals surface area contributed by atoms with Crippen molar-refractivity contribution in [2.75, 3.05) is 5.75 Å². The highest BCUT2D eigenvalue weighted by Gasteiger charge is 2.24. The average molecular weight is 475 g/mol. The Morgan fingerprint density at radius 3 is 2.65 bits per heavy atom. The maximum absolute atomic E-state index is 13.4. The molecule has 0 atom stereocenters. The number of rotatable bonds is 8. The molecule has 0 aliphatic heterocycles. The Labute approximate surface area is 202 Å². The van der Waals surface area contributed by atoms with E-state index in [-0.39, 0.29) is 11.7 Å². The molecule has 0 saturated carbocycles. The Bertz CT molecular complexity index is 1270. The van der Waals surface area contributed by atoms with E-state index in [4.69, 9.17) is 8.83 Å². The normalized spacial score (nSPS) is 13.6. The van der Waals surface area contributed by atoms with Crippen LogP contribution in [0.2, 0.25) is 0 Å². The third-order valence-electron chi connectivity index (χ3n) is 5.88. The molecule has 3 aromatic heterocycles. The van der Waals surface area contributed by atoms with Crippen molar-refractivity contribution in [2.45, 2.75) is 44.3 Å². The van der Waals surface area contributed by atoms with Crippen LogP contribution >= 0.6 is 11.8 Å². The topological polar surface area (TPSA) is 77.3 Å². The Hall–Kier alpha value is -3.52. The molecule has 0 bridgehead atoms. The third kappa shape index (κ3) is 4.72. The Balaban J connectivity index is 1.41. The van der Waals surface area contributed by atoms with Crippen molar-refractivity contribution in [1.29, 1.82) is 0 Å². The first-order valence-electron chi connectivity index (χ1n) is 11.4. The molecule has 3 heterocycles. The standard InChI is InChI=1S/C26H26N4O3S/c1-19-23(14-16-32-19)25-27-28-26(30(25)21-11-6-3-7-12-21)34-18-24(31)29(17-22-13-8-15-33-22)20-9-4-2-5-10-20/h3,6-9,11-16H,2,4-5,10,17-18H2,1H3. The number of nitrogens with zero attached hydrogens (tertiary/aromatic N) is 4. The van der Waals surface area contributed by atoms with E-state index in [1.54, 1.807) is 12.5 Å². The third-order valence-corrected chi connectivity index (χ3v) is 6.79. The Kier molecular flexibility index (Phi) is 6.67. The van der Waals surface area contributed by atoms with Gasteiger partial charge in [-0.05, 0) is 62.9 Å². The molecule has 0 unspecified atom stereocenters. The van der Waals surface area contributed by atoms with E-state index in [0.29, 0.717) is 17.5 Å². The molecule has 0 fully saturated rings. The maximum Gasteiger partial charge on any atom is 0.237 e. The molecule has 7 nitrogen and oxygen atoms in total. The van der Waals surface area contributed by atoms with Crippen molar-refractivity contribution in [3.05, 3.63) is 84.4 Å². The van der Waals surface area contributed by atoms with Crippen molar-refractivity contribution in [1.82, 2.24) is 19.7 Å². The molecule has 5 rings (SSSR count). The van der Waals surface area contributed by atoms with E-state index >= 15 is 0 Å².